The summed E-state index contributed by atoms with van der Waals surface area (Å²) >= 11 is 0. The maximum atomic E-state index is 13.3. The first-order valence-electron chi connectivity index (χ1n) is 14.7. The minimum atomic E-state index is -3.85. The highest BCUT2D eigenvalue weighted by molar-refractivity contribution is 7.92. The first-order chi connectivity index (χ1) is 21.1. The van der Waals surface area contributed by atoms with E-state index < -0.39 is 16.1 Å². The number of rotatable bonds is 8. The largest absolute Gasteiger partial charge is 0.413 e. The first-order valence-corrected chi connectivity index (χ1v) is 16.2. The third-order valence-electron chi connectivity index (χ3n) is 7.91. The van der Waals surface area contributed by atoms with Crippen LogP contribution in [-0.4, -0.2) is 68.8 Å². The Bertz CT molecular complexity index is 1900. The summed E-state index contributed by atoms with van der Waals surface area (Å²) in [5.74, 6) is 0.273. The minimum absolute atomic E-state index is 0.0901. The third-order valence-corrected chi connectivity index (χ3v) is 9.30. The summed E-state index contributed by atoms with van der Waals surface area (Å²) in [5.41, 5.74) is 4.46. The molecule has 10 nitrogen and oxygen atoms in total. The molecule has 1 saturated heterocycles. The van der Waals surface area contributed by atoms with Gasteiger partial charge in [-0.1, -0.05) is 45.0 Å². The van der Waals surface area contributed by atoms with Gasteiger partial charge in [-0.3, -0.25) is 9.62 Å². The van der Waals surface area contributed by atoms with Gasteiger partial charge in [0.25, 0.3) is 10.0 Å². The molecule has 1 fully saturated rings. The van der Waals surface area contributed by atoms with Crippen LogP contribution in [0.1, 0.15) is 26.3 Å². The number of anilines is 1. The van der Waals surface area contributed by atoms with Crippen LogP contribution in [0.15, 0.2) is 77.8 Å². The van der Waals surface area contributed by atoms with Crippen molar-refractivity contribution >= 4 is 43.6 Å². The topological polar surface area (TPSA) is 129 Å². The van der Waals surface area contributed by atoms with Crippen LogP contribution < -0.4 is 14.8 Å². The highest BCUT2D eigenvalue weighted by Gasteiger charge is 2.22. The number of fused-ring (bicyclic) bond motifs is 2. The van der Waals surface area contributed by atoms with E-state index in [1.165, 1.54) is 0 Å². The van der Waals surface area contributed by atoms with Gasteiger partial charge >= 0.3 is 6.09 Å². The maximum Gasteiger partial charge on any atom is 0.413 e. The highest BCUT2D eigenvalue weighted by atomic mass is 32.2. The monoisotopic (exact) mass is 615 g/mol. The molecule has 1 aliphatic rings. The number of ether oxygens (including phenoxy) is 2. The van der Waals surface area contributed by atoms with Gasteiger partial charge in [-0.2, -0.15) is 0 Å². The summed E-state index contributed by atoms with van der Waals surface area (Å²) in [6, 6.07) is 20.0. The second-order valence-corrected chi connectivity index (χ2v) is 13.7. The number of hydrogen-bond donors (Lipinski definition) is 4. The Balaban J connectivity index is 1.31. The van der Waals surface area contributed by atoms with Gasteiger partial charge in [-0.05, 0) is 59.0 Å². The number of carbonyl (C=O) groups excluding carboxylic acids is 1. The molecule has 0 bridgehead atoms. The quantitative estimate of drug-likeness (QED) is 0.174. The van der Waals surface area contributed by atoms with Crippen LogP contribution in [0.3, 0.4) is 0 Å². The van der Waals surface area contributed by atoms with Crippen molar-refractivity contribution in [2.75, 3.05) is 44.1 Å². The number of carbonyl (C=O) groups is 1. The van der Waals surface area contributed by atoms with Gasteiger partial charge < -0.3 is 24.8 Å². The fraction of sp³-hybridized carbons (Fsp3) is 0.303. The summed E-state index contributed by atoms with van der Waals surface area (Å²) in [5, 5.41) is 4.49. The van der Waals surface area contributed by atoms with Crippen LogP contribution in [0, 0.1) is 0 Å². The smallest absolute Gasteiger partial charge is 0.393 e. The third kappa shape index (κ3) is 6.30. The van der Waals surface area contributed by atoms with Crippen LogP contribution in [0.4, 0.5) is 10.5 Å². The van der Waals surface area contributed by atoms with E-state index >= 15 is 0 Å². The van der Waals surface area contributed by atoms with Crippen molar-refractivity contribution in [3.63, 3.8) is 0 Å². The molecule has 4 N–H and O–H groups in total. The van der Waals surface area contributed by atoms with Crippen LogP contribution in [0.2, 0.25) is 0 Å². The van der Waals surface area contributed by atoms with E-state index in [0.29, 0.717) is 48.5 Å². The number of amides is 1. The SMILES string of the molecule is CC(C)(C)c1ccc(S(=O)(=O)Nc2ccc3[nH]c(OC(=O)NCCN4CCOCC4)c(-c4cccc5[nH]ccc45)c3c2)cc1. The Morgan fingerprint density at radius 2 is 1.75 bits per heavy atom. The summed E-state index contributed by atoms with van der Waals surface area (Å²) in [6.07, 6.45) is 1.28. The average molecular weight is 616 g/mol. The zero-order chi connectivity index (χ0) is 30.9. The number of nitrogens with zero attached hydrogens (tertiary/aromatic N) is 1. The Labute approximate surface area is 256 Å². The van der Waals surface area contributed by atoms with Crippen molar-refractivity contribution < 1.29 is 22.7 Å². The van der Waals surface area contributed by atoms with Crippen LogP contribution in [0.5, 0.6) is 5.88 Å². The Morgan fingerprint density at radius 1 is 0.977 bits per heavy atom. The first kappa shape index (κ1) is 29.7. The van der Waals surface area contributed by atoms with Crippen molar-refractivity contribution in [2.45, 2.75) is 31.1 Å². The molecule has 44 heavy (non-hydrogen) atoms. The number of morpholine rings is 1. The molecule has 230 valence electrons. The lowest BCUT2D eigenvalue weighted by molar-refractivity contribution is 0.0385. The summed E-state index contributed by atoms with van der Waals surface area (Å²) < 4.78 is 40.7. The number of sulfonamides is 1. The van der Waals surface area contributed by atoms with E-state index in [1.54, 1.807) is 30.3 Å². The molecule has 0 aliphatic carbocycles. The van der Waals surface area contributed by atoms with E-state index in [2.05, 4.69) is 45.7 Å². The lowest BCUT2D eigenvalue weighted by Crippen LogP contribution is -2.41. The maximum absolute atomic E-state index is 13.3. The number of aromatic nitrogens is 2. The molecular weight excluding hydrogens is 578 g/mol. The van der Waals surface area contributed by atoms with E-state index in [-0.39, 0.29) is 16.2 Å². The molecule has 5 aromatic rings. The summed E-state index contributed by atoms with van der Waals surface area (Å²) in [6.45, 7) is 10.4. The molecule has 3 heterocycles. The molecule has 0 radical (unpaired) electrons. The molecule has 0 atom stereocenters. The van der Waals surface area contributed by atoms with Crippen LogP contribution in [0.25, 0.3) is 32.9 Å². The minimum Gasteiger partial charge on any atom is -0.393 e. The molecule has 1 amide bonds. The van der Waals surface area contributed by atoms with Crippen LogP contribution in [-0.2, 0) is 20.2 Å². The molecule has 0 saturated carbocycles. The van der Waals surface area contributed by atoms with E-state index in [4.69, 9.17) is 9.47 Å². The highest BCUT2D eigenvalue weighted by Crippen LogP contribution is 2.41. The van der Waals surface area contributed by atoms with Gasteiger partial charge in [0.1, 0.15) is 0 Å². The molecule has 0 spiro atoms. The fourth-order valence-corrected chi connectivity index (χ4v) is 6.55. The van der Waals surface area contributed by atoms with Gasteiger partial charge in [0.15, 0.2) is 0 Å². The van der Waals surface area contributed by atoms with Gasteiger partial charge in [0, 0.05) is 59.9 Å². The molecule has 0 unspecified atom stereocenters. The van der Waals surface area contributed by atoms with E-state index in [0.717, 1.165) is 35.1 Å². The van der Waals surface area contributed by atoms with Gasteiger partial charge in [-0.15, -0.1) is 0 Å². The Morgan fingerprint density at radius 3 is 2.50 bits per heavy atom. The van der Waals surface area contributed by atoms with Crippen molar-refractivity contribution in [2.24, 2.45) is 0 Å². The molecular formula is C33H37N5O5S. The van der Waals surface area contributed by atoms with Crippen LogP contribution >= 0.6 is 0 Å². The number of aromatic amines is 2. The lowest BCUT2D eigenvalue weighted by atomic mass is 9.87. The molecule has 2 aromatic heterocycles. The number of benzene rings is 3. The Hall–Kier alpha value is -4.32. The van der Waals surface area contributed by atoms with Crippen molar-refractivity contribution in [3.8, 4) is 17.0 Å². The standard InChI is InChI=1S/C33H37N5O5S/c1-33(2,3)22-7-10-24(11-8-22)44(40,41)37-23-9-12-29-27(21-23)30(26-5-4-6-28-25(26)13-14-34-28)31(36-29)43-32(39)35-15-16-38-17-19-42-20-18-38/h4-14,21,34,36-37H,15-20H2,1-3H3,(H,35,39). The summed E-state index contributed by atoms with van der Waals surface area (Å²) in [7, 11) is -3.85. The average Bonchev–Trinajstić information content (AvgIpc) is 3.61. The predicted octanol–water partition coefficient (Wildman–Crippen LogP) is 5.84. The zero-order valence-electron chi connectivity index (χ0n) is 25.1. The number of H-pyrrole nitrogens is 2. The fourth-order valence-electron chi connectivity index (χ4n) is 5.50. The van der Waals surface area contributed by atoms with Crippen molar-refractivity contribution in [1.29, 1.82) is 0 Å². The lowest BCUT2D eigenvalue weighted by Gasteiger charge is -2.26. The van der Waals surface area contributed by atoms with Crippen molar-refractivity contribution in [3.05, 3.63) is 78.5 Å². The number of hydrogen-bond acceptors (Lipinski definition) is 6. The molecule has 11 heteroatoms. The van der Waals surface area contributed by atoms with E-state index in [1.807, 2.05) is 42.6 Å². The normalized spacial score (nSPS) is 14.6. The molecule has 1 aliphatic heterocycles. The van der Waals surface area contributed by atoms with Gasteiger partial charge in [-0.25, -0.2) is 13.2 Å². The van der Waals surface area contributed by atoms with E-state index in [9.17, 15) is 13.2 Å². The number of nitrogens with one attached hydrogen (secondary N) is 4. The molecule has 3 aromatic carbocycles. The predicted molar refractivity (Wildman–Crippen MR) is 173 cm³/mol. The summed E-state index contributed by atoms with van der Waals surface area (Å²) in [4.78, 5) is 21.8. The van der Waals surface area contributed by atoms with Gasteiger partial charge in [0.2, 0.25) is 5.88 Å². The van der Waals surface area contributed by atoms with Crippen molar-refractivity contribution in [1.82, 2.24) is 20.2 Å². The molecule has 6 rings (SSSR count). The second kappa shape index (κ2) is 12.0. The van der Waals surface area contributed by atoms with Gasteiger partial charge in [0.05, 0.1) is 23.7 Å². The second-order valence-electron chi connectivity index (χ2n) is 12.0. The zero-order valence-corrected chi connectivity index (χ0v) is 25.9. The Kier molecular flexibility index (Phi) is 8.10.